The van der Waals surface area contributed by atoms with Crippen molar-refractivity contribution in [3.05, 3.63) is 35.1 Å². The second-order valence-corrected chi connectivity index (χ2v) is 3.61. The lowest BCUT2D eigenvalue weighted by atomic mass is 10.0. The molecule has 0 radical (unpaired) electrons. The molecular weight excluding hydrogens is 309 g/mol. The Morgan fingerprint density at radius 3 is 2.40 bits per heavy atom. The average Bonchev–Trinajstić information content (AvgIpc) is 2.33. The number of halogens is 6. The molecule has 3 nitrogen and oxygen atoms in total. The molecule has 0 heterocycles. The first kappa shape index (κ1) is 18.6. The van der Waals surface area contributed by atoms with Gasteiger partial charge in [0.2, 0.25) is 0 Å². The summed E-state index contributed by atoms with van der Waals surface area (Å²) in [6.45, 7) is 0.934. The van der Waals surface area contributed by atoms with Gasteiger partial charge < -0.3 is 10.5 Å². The number of alkyl halides is 2. The number of nitrogens with two attached hydrogens (primary N) is 1. The van der Waals surface area contributed by atoms with Gasteiger partial charge in [-0.15, -0.1) is 12.4 Å². The van der Waals surface area contributed by atoms with Gasteiger partial charge in [0.1, 0.15) is 11.9 Å². The summed E-state index contributed by atoms with van der Waals surface area (Å²) in [5, 5.41) is 0. The van der Waals surface area contributed by atoms with Crippen molar-refractivity contribution in [1.29, 1.82) is 0 Å². The molecule has 20 heavy (non-hydrogen) atoms. The quantitative estimate of drug-likeness (QED) is 0.527. The number of hydrogen-bond acceptors (Lipinski definition) is 3. The summed E-state index contributed by atoms with van der Waals surface area (Å²) < 4.78 is 70.2. The SMILES string of the molecule is CCOC(=O)C(F)(F)[C@@H](N)c1cc(F)cc(F)c1F.Cl. The highest BCUT2D eigenvalue weighted by Crippen LogP contribution is 2.33. The molecule has 1 atom stereocenters. The Morgan fingerprint density at radius 2 is 1.90 bits per heavy atom. The molecular formula is C11H11ClF5NO2. The summed E-state index contributed by atoms with van der Waals surface area (Å²) in [6, 6.07) is -2.08. The second-order valence-electron chi connectivity index (χ2n) is 3.61. The molecule has 0 aliphatic carbocycles. The number of ether oxygens (including phenoxy) is 1. The van der Waals surface area contributed by atoms with Gasteiger partial charge in [0.25, 0.3) is 0 Å². The lowest BCUT2D eigenvalue weighted by Crippen LogP contribution is -2.42. The van der Waals surface area contributed by atoms with Crippen molar-refractivity contribution in [1.82, 2.24) is 0 Å². The fourth-order valence-electron chi connectivity index (χ4n) is 1.35. The van der Waals surface area contributed by atoms with Crippen LogP contribution in [0.3, 0.4) is 0 Å². The maximum absolute atomic E-state index is 13.5. The van der Waals surface area contributed by atoms with Gasteiger partial charge in [-0.05, 0) is 13.0 Å². The standard InChI is InChI=1S/C11H10F5NO2.ClH/c1-2-19-10(18)11(15,16)9(17)6-3-5(12)4-7(13)8(6)14;/h3-4,9H,2,17H2,1H3;1H/t9-;/m0./s1. The van der Waals surface area contributed by atoms with Gasteiger partial charge in [-0.2, -0.15) is 8.78 Å². The van der Waals surface area contributed by atoms with Gasteiger partial charge in [0, 0.05) is 11.6 Å². The highest BCUT2D eigenvalue weighted by Gasteiger charge is 2.49. The van der Waals surface area contributed by atoms with Crippen LogP contribution in [-0.4, -0.2) is 18.5 Å². The zero-order chi connectivity index (χ0) is 14.8. The van der Waals surface area contributed by atoms with Crippen molar-refractivity contribution in [3.8, 4) is 0 Å². The topological polar surface area (TPSA) is 52.3 Å². The molecule has 0 unspecified atom stereocenters. The number of carbonyl (C=O) groups excluding carboxylic acids is 1. The Morgan fingerprint density at radius 1 is 1.35 bits per heavy atom. The Bertz CT molecular complexity index is 498. The van der Waals surface area contributed by atoms with Gasteiger partial charge in [-0.1, -0.05) is 0 Å². The van der Waals surface area contributed by atoms with Gasteiger partial charge in [-0.3, -0.25) is 0 Å². The summed E-state index contributed by atoms with van der Waals surface area (Å²) in [4.78, 5) is 11.0. The largest absolute Gasteiger partial charge is 0.462 e. The Labute approximate surface area is 117 Å². The molecule has 0 saturated carbocycles. The first-order chi connectivity index (χ1) is 8.71. The summed E-state index contributed by atoms with van der Waals surface area (Å²) in [5.74, 6) is -11.0. The molecule has 1 rings (SSSR count). The van der Waals surface area contributed by atoms with Gasteiger partial charge in [-0.25, -0.2) is 18.0 Å². The fraction of sp³-hybridized carbons (Fsp3) is 0.364. The molecule has 1 aromatic rings. The minimum absolute atomic E-state index is 0. The first-order valence-corrected chi connectivity index (χ1v) is 5.16. The van der Waals surface area contributed by atoms with E-state index >= 15 is 0 Å². The molecule has 0 aliphatic heterocycles. The third kappa shape index (κ3) is 3.57. The molecule has 1 aromatic carbocycles. The molecule has 9 heteroatoms. The molecule has 0 bridgehead atoms. The van der Waals surface area contributed by atoms with Crippen LogP contribution in [0.4, 0.5) is 22.0 Å². The van der Waals surface area contributed by atoms with Crippen LogP contribution in [0.15, 0.2) is 12.1 Å². The lowest BCUT2D eigenvalue weighted by Gasteiger charge is -2.22. The molecule has 0 spiro atoms. The molecule has 0 fully saturated rings. The van der Waals surface area contributed by atoms with Crippen LogP contribution in [0.25, 0.3) is 0 Å². The van der Waals surface area contributed by atoms with Crippen LogP contribution in [0.5, 0.6) is 0 Å². The average molecular weight is 320 g/mol. The fourth-order valence-corrected chi connectivity index (χ4v) is 1.35. The summed E-state index contributed by atoms with van der Waals surface area (Å²) >= 11 is 0. The smallest absolute Gasteiger partial charge is 0.379 e. The predicted octanol–water partition coefficient (Wildman–Crippen LogP) is 2.72. The number of rotatable bonds is 4. The van der Waals surface area contributed by atoms with Gasteiger partial charge >= 0.3 is 11.9 Å². The van der Waals surface area contributed by atoms with Crippen molar-refractivity contribution >= 4 is 18.4 Å². The molecule has 0 aromatic heterocycles. The van der Waals surface area contributed by atoms with E-state index in [4.69, 9.17) is 5.73 Å². The van der Waals surface area contributed by atoms with Crippen LogP contribution in [0, 0.1) is 17.5 Å². The van der Waals surface area contributed by atoms with Crippen LogP contribution >= 0.6 is 12.4 Å². The third-order valence-electron chi connectivity index (χ3n) is 2.29. The Balaban J connectivity index is 0.00000361. The Hall–Kier alpha value is -1.41. The zero-order valence-electron chi connectivity index (χ0n) is 10.1. The van der Waals surface area contributed by atoms with E-state index in [9.17, 15) is 26.7 Å². The first-order valence-electron chi connectivity index (χ1n) is 5.16. The molecule has 0 amide bonds. The van der Waals surface area contributed by atoms with Crippen molar-refractivity contribution in [2.24, 2.45) is 5.73 Å². The van der Waals surface area contributed by atoms with E-state index in [0.29, 0.717) is 6.07 Å². The van der Waals surface area contributed by atoms with Crippen LogP contribution in [0.2, 0.25) is 0 Å². The maximum Gasteiger partial charge on any atom is 0.379 e. The monoisotopic (exact) mass is 319 g/mol. The summed E-state index contributed by atoms with van der Waals surface area (Å²) in [5.41, 5.74) is 3.88. The minimum atomic E-state index is -4.31. The molecule has 2 N–H and O–H groups in total. The molecule has 0 aliphatic rings. The van der Waals surface area contributed by atoms with Gasteiger partial charge in [0.05, 0.1) is 6.61 Å². The van der Waals surface area contributed by atoms with Crippen LogP contribution in [0.1, 0.15) is 18.5 Å². The number of carbonyl (C=O) groups is 1. The predicted molar refractivity (Wildman–Crippen MR) is 62.1 cm³/mol. The van der Waals surface area contributed by atoms with Crippen molar-refractivity contribution < 1.29 is 31.5 Å². The van der Waals surface area contributed by atoms with Crippen molar-refractivity contribution in [3.63, 3.8) is 0 Å². The lowest BCUT2D eigenvalue weighted by molar-refractivity contribution is -0.174. The minimum Gasteiger partial charge on any atom is -0.462 e. The second kappa shape index (κ2) is 6.85. The number of hydrogen-bond donors (Lipinski definition) is 1. The Kier molecular flexibility index (Phi) is 6.36. The molecule has 0 saturated heterocycles. The van der Waals surface area contributed by atoms with E-state index in [-0.39, 0.29) is 25.1 Å². The van der Waals surface area contributed by atoms with Crippen molar-refractivity contribution in [2.45, 2.75) is 18.9 Å². The van der Waals surface area contributed by atoms with Gasteiger partial charge in [0.15, 0.2) is 11.6 Å². The normalized spacial score (nSPS) is 12.6. The van der Waals surface area contributed by atoms with E-state index in [2.05, 4.69) is 4.74 Å². The number of esters is 1. The highest BCUT2D eigenvalue weighted by atomic mass is 35.5. The molecule has 114 valence electrons. The van der Waals surface area contributed by atoms with E-state index in [1.165, 1.54) is 6.92 Å². The summed E-state index contributed by atoms with van der Waals surface area (Å²) in [7, 11) is 0. The van der Waals surface area contributed by atoms with E-state index < -0.39 is 40.9 Å². The zero-order valence-corrected chi connectivity index (χ0v) is 10.9. The summed E-state index contributed by atoms with van der Waals surface area (Å²) in [6.07, 6.45) is 0. The van der Waals surface area contributed by atoms with Crippen LogP contribution < -0.4 is 5.73 Å². The highest BCUT2D eigenvalue weighted by molar-refractivity contribution is 5.85. The third-order valence-corrected chi connectivity index (χ3v) is 2.29. The van der Waals surface area contributed by atoms with E-state index in [1.54, 1.807) is 0 Å². The number of benzene rings is 1. The maximum atomic E-state index is 13.5. The van der Waals surface area contributed by atoms with Crippen molar-refractivity contribution in [2.75, 3.05) is 6.61 Å². The van der Waals surface area contributed by atoms with E-state index in [1.807, 2.05) is 0 Å². The van der Waals surface area contributed by atoms with Crippen LogP contribution in [-0.2, 0) is 9.53 Å². The van der Waals surface area contributed by atoms with E-state index in [0.717, 1.165) is 0 Å².